The zero-order valence-electron chi connectivity index (χ0n) is 22.3. The second-order valence-electron chi connectivity index (χ2n) is 8.53. The van der Waals surface area contributed by atoms with Crippen molar-refractivity contribution in [1.29, 1.82) is 0 Å². The van der Waals surface area contributed by atoms with Gasteiger partial charge in [0, 0.05) is 21.2 Å². The normalized spacial score (nSPS) is 11.6. The van der Waals surface area contributed by atoms with Gasteiger partial charge in [-0.05, 0) is 86.9 Å². The van der Waals surface area contributed by atoms with Crippen molar-refractivity contribution >= 4 is 64.8 Å². The molecular formula is C28H26N4O6S4. The molecule has 0 unspecified atom stereocenters. The zero-order valence-corrected chi connectivity index (χ0v) is 25.6. The van der Waals surface area contributed by atoms with Crippen molar-refractivity contribution in [3.63, 3.8) is 0 Å². The Kier molecular flexibility index (Phi) is 10.1. The van der Waals surface area contributed by atoms with E-state index in [9.17, 15) is 26.4 Å². The van der Waals surface area contributed by atoms with E-state index in [2.05, 4.69) is 20.1 Å². The Morgan fingerprint density at radius 1 is 0.524 bits per heavy atom. The summed E-state index contributed by atoms with van der Waals surface area (Å²) in [6, 6.07) is 25.6. The minimum atomic E-state index is -3.59. The fraction of sp³-hybridized carbons (Fsp3) is 0.0714. The molecule has 2 amide bonds. The second kappa shape index (κ2) is 13.5. The molecule has 4 rings (SSSR count). The lowest BCUT2D eigenvalue weighted by atomic mass is 10.2. The average molecular weight is 643 g/mol. The van der Waals surface area contributed by atoms with Crippen LogP contribution in [0.3, 0.4) is 0 Å². The summed E-state index contributed by atoms with van der Waals surface area (Å²) < 4.78 is 52.3. The molecule has 0 aliphatic heterocycles. The monoisotopic (exact) mass is 642 g/mol. The van der Waals surface area contributed by atoms with Gasteiger partial charge in [-0.2, -0.15) is 0 Å². The van der Waals surface area contributed by atoms with Gasteiger partial charge in [-0.1, -0.05) is 45.9 Å². The van der Waals surface area contributed by atoms with E-state index in [0.717, 1.165) is 0 Å². The van der Waals surface area contributed by atoms with Crippen molar-refractivity contribution in [2.24, 2.45) is 0 Å². The Bertz CT molecular complexity index is 1680. The fourth-order valence-corrected chi connectivity index (χ4v) is 7.43. The Morgan fingerprint density at radius 2 is 0.857 bits per heavy atom. The summed E-state index contributed by atoms with van der Waals surface area (Å²) in [4.78, 5) is 27.7. The predicted molar refractivity (Wildman–Crippen MR) is 166 cm³/mol. The van der Waals surface area contributed by atoms with Gasteiger partial charge in [-0.25, -0.2) is 26.3 Å². The van der Waals surface area contributed by atoms with Crippen LogP contribution < -0.4 is 20.1 Å². The number of amides is 2. The molecule has 4 aromatic carbocycles. The average Bonchev–Trinajstić information content (AvgIpc) is 3.00. The van der Waals surface area contributed by atoms with Crippen LogP contribution in [-0.2, 0) is 20.0 Å². The molecule has 42 heavy (non-hydrogen) atoms. The number of benzene rings is 4. The molecular weight excluding hydrogens is 617 g/mol. The van der Waals surface area contributed by atoms with Gasteiger partial charge >= 0.3 is 0 Å². The van der Waals surface area contributed by atoms with E-state index in [4.69, 9.17) is 0 Å². The summed E-state index contributed by atoms with van der Waals surface area (Å²) in [5.74, 6) is -0.754. The first-order chi connectivity index (χ1) is 20.0. The van der Waals surface area contributed by atoms with Crippen molar-refractivity contribution in [2.45, 2.75) is 19.6 Å². The number of carbonyl (C=O) groups excluding carboxylic acids is 2. The molecule has 0 fully saturated rings. The third-order valence-electron chi connectivity index (χ3n) is 5.87. The van der Waals surface area contributed by atoms with E-state index in [1.165, 1.54) is 84.2 Å². The van der Waals surface area contributed by atoms with E-state index in [0.29, 0.717) is 32.3 Å². The van der Waals surface area contributed by atoms with Crippen LogP contribution in [-0.4, -0.2) is 42.7 Å². The highest BCUT2D eigenvalue weighted by Crippen LogP contribution is 2.40. The fourth-order valence-electron chi connectivity index (χ4n) is 3.61. The highest BCUT2D eigenvalue weighted by atomic mass is 33.1. The number of sulfonamides is 2. The number of hydrogen-bond donors (Lipinski definition) is 4. The van der Waals surface area contributed by atoms with Crippen LogP contribution in [0.1, 0.15) is 20.7 Å². The molecule has 10 nitrogen and oxygen atoms in total. The third-order valence-corrected chi connectivity index (χ3v) is 11.2. The van der Waals surface area contributed by atoms with Crippen molar-refractivity contribution in [2.75, 3.05) is 24.7 Å². The lowest BCUT2D eigenvalue weighted by molar-refractivity contribution is 0.101. The van der Waals surface area contributed by atoms with Gasteiger partial charge in [-0.15, -0.1) is 0 Å². The molecule has 0 saturated heterocycles. The highest BCUT2D eigenvalue weighted by Gasteiger charge is 2.17. The van der Waals surface area contributed by atoms with E-state index in [1.807, 2.05) is 0 Å². The summed E-state index contributed by atoms with van der Waals surface area (Å²) >= 11 is 0. The highest BCUT2D eigenvalue weighted by molar-refractivity contribution is 8.76. The SMILES string of the molecule is CNS(=O)(=O)c1ccc(NC(=O)c2ccccc2SSc2ccccc2C(=O)Nc2ccc(S(=O)(=O)NC)cc2)cc1. The Morgan fingerprint density at radius 3 is 1.19 bits per heavy atom. The first-order valence-electron chi connectivity index (χ1n) is 12.3. The van der Waals surface area contributed by atoms with Gasteiger partial charge in [0.25, 0.3) is 11.8 Å². The minimum absolute atomic E-state index is 0.0804. The maximum atomic E-state index is 13.1. The van der Waals surface area contributed by atoms with E-state index >= 15 is 0 Å². The summed E-state index contributed by atoms with van der Waals surface area (Å²) in [5.41, 5.74) is 1.67. The number of carbonyl (C=O) groups is 2. The molecule has 0 atom stereocenters. The molecule has 0 heterocycles. The molecule has 0 aliphatic carbocycles. The minimum Gasteiger partial charge on any atom is -0.322 e. The van der Waals surface area contributed by atoms with Gasteiger partial charge < -0.3 is 10.6 Å². The number of anilines is 2. The number of hydrogen-bond acceptors (Lipinski definition) is 8. The second-order valence-corrected chi connectivity index (χ2v) is 14.5. The van der Waals surface area contributed by atoms with Crippen LogP contribution in [0, 0.1) is 0 Å². The lowest BCUT2D eigenvalue weighted by Crippen LogP contribution is -2.18. The van der Waals surface area contributed by atoms with Crippen LogP contribution in [0.4, 0.5) is 11.4 Å². The predicted octanol–water partition coefficient (Wildman–Crippen LogP) is 4.81. The first kappa shape index (κ1) is 31.3. The van der Waals surface area contributed by atoms with E-state index < -0.39 is 20.0 Å². The molecule has 0 radical (unpaired) electrons. The van der Waals surface area contributed by atoms with E-state index in [-0.39, 0.29) is 21.6 Å². The molecule has 0 aromatic heterocycles. The van der Waals surface area contributed by atoms with Gasteiger partial charge in [0.05, 0.1) is 20.9 Å². The van der Waals surface area contributed by atoms with Crippen molar-refractivity contribution in [3.8, 4) is 0 Å². The maximum Gasteiger partial charge on any atom is 0.256 e. The Balaban J connectivity index is 1.46. The van der Waals surface area contributed by atoms with Gasteiger partial charge in [0.1, 0.15) is 0 Å². The smallest absolute Gasteiger partial charge is 0.256 e. The molecule has 4 N–H and O–H groups in total. The molecule has 0 bridgehead atoms. The van der Waals surface area contributed by atoms with E-state index in [1.54, 1.807) is 48.5 Å². The first-order valence-corrected chi connectivity index (χ1v) is 17.4. The van der Waals surface area contributed by atoms with Crippen LogP contribution in [0.2, 0.25) is 0 Å². The number of rotatable bonds is 11. The van der Waals surface area contributed by atoms with Crippen LogP contribution in [0.25, 0.3) is 0 Å². The molecule has 0 aliphatic rings. The quantitative estimate of drug-likeness (QED) is 0.170. The molecule has 0 saturated carbocycles. The standard InChI is InChI=1S/C28H26N4O6S4/c1-29-41(35,36)21-15-11-19(12-16-21)31-27(33)23-7-3-5-9-25(23)39-40-26-10-6-4-8-24(26)28(34)32-20-13-17-22(18-14-20)42(37,38)30-2/h3-18,29-30H,1-2H3,(H,31,33)(H,32,34). The molecule has 218 valence electrons. The van der Waals surface area contributed by atoms with Crippen LogP contribution in [0.5, 0.6) is 0 Å². The van der Waals surface area contributed by atoms with Crippen molar-refractivity contribution in [1.82, 2.24) is 9.44 Å². The molecule has 0 spiro atoms. The van der Waals surface area contributed by atoms with Crippen LogP contribution >= 0.6 is 21.6 Å². The van der Waals surface area contributed by atoms with Crippen LogP contribution in [0.15, 0.2) is 117 Å². The Labute approximate surface area is 252 Å². The third kappa shape index (κ3) is 7.59. The Hall–Kier alpha value is -3.66. The van der Waals surface area contributed by atoms with Gasteiger partial charge in [0.2, 0.25) is 20.0 Å². The molecule has 14 heteroatoms. The lowest BCUT2D eigenvalue weighted by Gasteiger charge is -2.12. The van der Waals surface area contributed by atoms with Crippen molar-refractivity contribution in [3.05, 3.63) is 108 Å². The maximum absolute atomic E-state index is 13.1. The summed E-state index contributed by atoms with van der Waals surface area (Å²) in [6.45, 7) is 0. The molecule has 4 aromatic rings. The largest absolute Gasteiger partial charge is 0.322 e. The van der Waals surface area contributed by atoms with Gasteiger partial charge in [-0.3, -0.25) is 9.59 Å². The summed E-state index contributed by atoms with van der Waals surface area (Å²) in [5, 5.41) is 5.57. The summed E-state index contributed by atoms with van der Waals surface area (Å²) in [6.07, 6.45) is 0. The zero-order chi connectivity index (χ0) is 30.3. The summed E-state index contributed by atoms with van der Waals surface area (Å²) in [7, 11) is -1.93. The van der Waals surface area contributed by atoms with Crippen molar-refractivity contribution < 1.29 is 26.4 Å². The number of nitrogens with one attached hydrogen (secondary N) is 4. The topological polar surface area (TPSA) is 151 Å². The van der Waals surface area contributed by atoms with Gasteiger partial charge in [0.15, 0.2) is 0 Å².